The average molecular weight is 327 g/mol. The van der Waals surface area contributed by atoms with Gasteiger partial charge in [-0.15, -0.1) is 0 Å². The maximum absolute atomic E-state index is 12.7. The largest absolute Gasteiger partial charge is 0.327 e. The smallest absolute Gasteiger partial charge is 0.310 e. The number of likely N-dealkylation sites (tertiary alicyclic amines) is 1. The van der Waals surface area contributed by atoms with Gasteiger partial charge in [-0.1, -0.05) is 24.3 Å². The first-order valence-electron chi connectivity index (χ1n) is 8.97. The molecule has 3 amide bonds. The SMILES string of the molecule is CCN1C(=O)N(C)C(=O)C12CCN(C1Cc3ccccc3C1)CC2. The lowest BCUT2D eigenvalue weighted by molar-refractivity contribution is -0.135. The number of piperidine rings is 1. The fraction of sp³-hybridized carbons (Fsp3) is 0.579. The second kappa shape index (κ2) is 5.59. The summed E-state index contributed by atoms with van der Waals surface area (Å²) in [6.45, 7) is 4.35. The van der Waals surface area contributed by atoms with Gasteiger partial charge in [0.05, 0.1) is 0 Å². The third-order valence-corrected chi connectivity index (χ3v) is 6.22. The molecule has 2 saturated heterocycles. The highest BCUT2D eigenvalue weighted by molar-refractivity contribution is 6.06. The van der Waals surface area contributed by atoms with E-state index >= 15 is 0 Å². The van der Waals surface area contributed by atoms with Crippen LogP contribution in [0.2, 0.25) is 0 Å². The minimum atomic E-state index is -0.595. The molecule has 0 aromatic heterocycles. The van der Waals surface area contributed by atoms with Gasteiger partial charge >= 0.3 is 6.03 Å². The van der Waals surface area contributed by atoms with E-state index in [4.69, 9.17) is 0 Å². The van der Waals surface area contributed by atoms with Crippen LogP contribution < -0.4 is 0 Å². The van der Waals surface area contributed by atoms with Crippen molar-refractivity contribution < 1.29 is 9.59 Å². The number of amides is 3. The summed E-state index contributed by atoms with van der Waals surface area (Å²) in [4.78, 5) is 30.7. The molecule has 4 rings (SSSR count). The molecule has 0 radical (unpaired) electrons. The Hall–Kier alpha value is -1.88. The van der Waals surface area contributed by atoms with Crippen LogP contribution in [0.1, 0.15) is 30.9 Å². The summed E-state index contributed by atoms with van der Waals surface area (Å²) in [7, 11) is 1.61. The molecule has 0 unspecified atom stereocenters. The third-order valence-electron chi connectivity index (χ3n) is 6.22. The molecule has 3 aliphatic rings. The van der Waals surface area contributed by atoms with Crippen LogP contribution in [0.5, 0.6) is 0 Å². The highest BCUT2D eigenvalue weighted by atomic mass is 16.2. The molecular weight excluding hydrogens is 302 g/mol. The number of hydrogen-bond acceptors (Lipinski definition) is 3. The summed E-state index contributed by atoms with van der Waals surface area (Å²) in [5, 5.41) is 0. The van der Waals surface area contributed by atoms with Gasteiger partial charge in [0, 0.05) is 32.7 Å². The quantitative estimate of drug-likeness (QED) is 0.779. The highest BCUT2D eigenvalue weighted by Gasteiger charge is 2.56. The van der Waals surface area contributed by atoms with E-state index in [0.29, 0.717) is 12.6 Å². The summed E-state index contributed by atoms with van der Waals surface area (Å²) in [5.41, 5.74) is 2.33. The van der Waals surface area contributed by atoms with Crippen LogP contribution >= 0.6 is 0 Å². The zero-order valence-electron chi connectivity index (χ0n) is 14.5. The maximum Gasteiger partial charge on any atom is 0.327 e. The van der Waals surface area contributed by atoms with Crippen molar-refractivity contribution in [1.82, 2.24) is 14.7 Å². The van der Waals surface area contributed by atoms with E-state index in [9.17, 15) is 9.59 Å². The molecule has 1 aromatic rings. The fourth-order valence-corrected chi connectivity index (χ4v) is 4.85. The van der Waals surface area contributed by atoms with Gasteiger partial charge in [-0.25, -0.2) is 4.79 Å². The zero-order valence-corrected chi connectivity index (χ0v) is 14.5. The number of rotatable bonds is 2. The molecule has 2 heterocycles. The van der Waals surface area contributed by atoms with Crippen LogP contribution in [0.3, 0.4) is 0 Å². The van der Waals surface area contributed by atoms with Crippen LogP contribution in [0.15, 0.2) is 24.3 Å². The summed E-state index contributed by atoms with van der Waals surface area (Å²) in [5.74, 6) is -0.0105. The maximum atomic E-state index is 12.7. The fourth-order valence-electron chi connectivity index (χ4n) is 4.85. The van der Waals surface area contributed by atoms with Gasteiger partial charge < -0.3 is 4.90 Å². The Balaban J connectivity index is 1.48. The molecule has 1 aliphatic carbocycles. The number of hydrogen-bond donors (Lipinski definition) is 0. The van der Waals surface area contributed by atoms with Crippen molar-refractivity contribution in [2.24, 2.45) is 0 Å². The van der Waals surface area contributed by atoms with Crippen molar-refractivity contribution in [2.75, 3.05) is 26.7 Å². The van der Waals surface area contributed by atoms with Crippen LogP contribution in [0, 0.1) is 0 Å². The number of benzene rings is 1. The Morgan fingerprint density at radius 1 is 1.08 bits per heavy atom. The molecule has 1 aromatic carbocycles. The van der Waals surface area contributed by atoms with E-state index in [-0.39, 0.29) is 11.9 Å². The molecule has 2 fully saturated rings. The first kappa shape index (κ1) is 15.6. The third kappa shape index (κ3) is 2.10. The van der Waals surface area contributed by atoms with E-state index in [1.54, 1.807) is 11.9 Å². The average Bonchev–Trinajstić information content (AvgIpc) is 3.11. The highest BCUT2D eigenvalue weighted by Crippen LogP contribution is 2.38. The zero-order chi connectivity index (χ0) is 16.9. The number of nitrogens with zero attached hydrogens (tertiary/aromatic N) is 3. The summed E-state index contributed by atoms with van der Waals surface area (Å²) >= 11 is 0. The van der Waals surface area contributed by atoms with Crippen molar-refractivity contribution in [3.8, 4) is 0 Å². The van der Waals surface area contributed by atoms with Crippen LogP contribution in [-0.2, 0) is 17.6 Å². The van der Waals surface area contributed by atoms with Gasteiger partial charge in [0.2, 0.25) is 0 Å². The number of imide groups is 1. The Kier molecular flexibility index (Phi) is 3.64. The van der Waals surface area contributed by atoms with Crippen molar-refractivity contribution >= 4 is 11.9 Å². The van der Waals surface area contributed by atoms with E-state index in [0.717, 1.165) is 38.8 Å². The van der Waals surface area contributed by atoms with Gasteiger partial charge in [0.1, 0.15) is 5.54 Å². The van der Waals surface area contributed by atoms with Crippen molar-refractivity contribution in [3.63, 3.8) is 0 Å². The topological polar surface area (TPSA) is 43.9 Å². The molecule has 128 valence electrons. The summed E-state index contributed by atoms with van der Waals surface area (Å²) in [6, 6.07) is 9.10. The number of carbonyl (C=O) groups is 2. The number of urea groups is 1. The molecule has 0 bridgehead atoms. The Morgan fingerprint density at radius 2 is 1.67 bits per heavy atom. The lowest BCUT2D eigenvalue weighted by Gasteiger charge is -2.43. The van der Waals surface area contributed by atoms with Crippen LogP contribution in [0.25, 0.3) is 0 Å². The second-order valence-corrected chi connectivity index (χ2v) is 7.29. The first-order valence-corrected chi connectivity index (χ1v) is 8.97. The van der Waals surface area contributed by atoms with Crippen LogP contribution in [0.4, 0.5) is 4.79 Å². The van der Waals surface area contributed by atoms with E-state index in [2.05, 4.69) is 29.2 Å². The molecule has 5 nitrogen and oxygen atoms in total. The molecule has 5 heteroatoms. The molecule has 0 atom stereocenters. The normalized spacial score (nSPS) is 24.2. The molecule has 1 spiro atoms. The molecule has 0 N–H and O–H groups in total. The number of likely N-dealkylation sites (N-methyl/N-ethyl adjacent to an activating group) is 2. The van der Waals surface area contributed by atoms with Crippen molar-refractivity contribution in [3.05, 3.63) is 35.4 Å². The van der Waals surface area contributed by atoms with Gasteiger partial charge in [0.15, 0.2) is 0 Å². The molecule has 2 aliphatic heterocycles. The van der Waals surface area contributed by atoms with Gasteiger partial charge in [-0.05, 0) is 43.7 Å². The molecule has 0 saturated carbocycles. The monoisotopic (exact) mass is 327 g/mol. The van der Waals surface area contributed by atoms with E-state index < -0.39 is 5.54 Å². The Morgan fingerprint density at radius 3 is 2.21 bits per heavy atom. The standard InChI is InChI=1S/C19H25N3O2/c1-3-22-18(24)20(2)17(23)19(22)8-10-21(11-9-19)16-12-14-6-4-5-7-15(14)13-16/h4-7,16H,3,8-13H2,1-2H3. The number of fused-ring (bicyclic) bond motifs is 1. The number of carbonyl (C=O) groups excluding carboxylic acids is 2. The lowest BCUT2D eigenvalue weighted by atomic mass is 9.85. The summed E-state index contributed by atoms with van der Waals surface area (Å²) < 4.78 is 0. The van der Waals surface area contributed by atoms with E-state index in [1.807, 2.05) is 6.92 Å². The van der Waals surface area contributed by atoms with Crippen molar-refractivity contribution in [1.29, 1.82) is 0 Å². The minimum absolute atomic E-state index is 0.0105. The molecular formula is C19H25N3O2. The van der Waals surface area contributed by atoms with Crippen molar-refractivity contribution in [2.45, 2.75) is 44.2 Å². The second-order valence-electron chi connectivity index (χ2n) is 7.29. The van der Waals surface area contributed by atoms with Crippen LogP contribution in [-0.4, -0.2) is 64.9 Å². The summed E-state index contributed by atoms with van der Waals surface area (Å²) in [6.07, 6.45) is 3.71. The molecule has 24 heavy (non-hydrogen) atoms. The Bertz CT molecular complexity index is 654. The van der Waals surface area contributed by atoms with Gasteiger partial charge in [-0.2, -0.15) is 0 Å². The van der Waals surface area contributed by atoms with E-state index in [1.165, 1.54) is 16.0 Å². The predicted octanol–water partition coefficient (Wildman–Crippen LogP) is 1.90. The lowest BCUT2D eigenvalue weighted by Crippen LogP contribution is -2.58. The van der Waals surface area contributed by atoms with Gasteiger partial charge in [0.25, 0.3) is 5.91 Å². The minimum Gasteiger partial charge on any atom is -0.310 e. The Labute approximate surface area is 143 Å². The van der Waals surface area contributed by atoms with Gasteiger partial charge in [-0.3, -0.25) is 14.6 Å². The predicted molar refractivity (Wildman–Crippen MR) is 91.7 cm³/mol. The first-order chi connectivity index (χ1) is 11.6.